The molecule has 2 aliphatic heterocycles. The molecular weight excluding hydrogens is 482 g/mol. The first kappa shape index (κ1) is 21.7. The van der Waals surface area contributed by atoms with E-state index < -0.39 is 0 Å². The lowest BCUT2D eigenvalue weighted by Crippen LogP contribution is -2.53. The molecule has 7 heteroatoms. The highest BCUT2D eigenvalue weighted by molar-refractivity contribution is 14.0. The number of aliphatic imine (C=N–C) groups is 1. The van der Waals surface area contributed by atoms with Gasteiger partial charge in [0, 0.05) is 45.7 Å². The molecule has 4 rings (SSSR count). The minimum absolute atomic E-state index is 0. The fourth-order valence-electron chi connectivity index (χ4n) is 4.04. The van der Waals surface area contributed by atoms with Crippen LogP contribution in [0, 0.1) is 5.82 Å². The van der Waals surface area contributed by atoms with E-state index in [-0.39, 0.29) is 29.8 Å². The molecule has 0 aliphatic carbocycles. The third-order valence-corrected chi connectivity index (χ3v) is 5.57. The maximum Gasteiger partial charge on any atom is 0.193 e. The first-order chi connectivity index (χ1) is 13.8. The predicted octanol–water partition coefficient (Wildman–Crippen LogP) is 3.71. The quantitative estimate of drug-likeness (QED) is 0.389. The zero-order valence-corrected chi connectivity index (χ0v) is 19.0. The van der Waals surface area contributed by atoms with Gasteiger partial charge in [-0.25, -0.2) is 4.39 Å². The number of benzene rings is 2. The van der Waals surface area contributed by atoms with Crippen molar-refractivity contribution in [3.8, 4) is 5.75 Å². The molecule has 1 unspecified atom stereocenters. The van der Waals surface area contributed by atoms with Crippen molar-refractivity contribution in [3.05, 3.63) is 59.9 Å². The van der Waals surface area contributed by atoms with Crippen LogP contribution in [0.4, 0.5) is 10.1 Å². The van der Waals surface area contributed by atoms with Gasteiger partial charge in [-0.15, -0.1) is 24.0 Å². The number of guanidine groups is 1. The van der Waals surface area contributed by atoms with Crippen molar-refractivity contribution in [2.24, 2.45) is 4.99 Å². The van der Waals surface area contributed by atoms with E-state index in [2.05, 4.69) is 32.2 Å². The van der Waals surface area contributed by atoms with Crippen LogP contribution in [0.1, 0.15) is 17.9 Å². The summed E-state index contributed by atoms with van der Waals surface area (Å²) in [5, 5.41) is 3.54. The summed E-state index contributed by atoms with van der Waals surface area (Å²) in [4.78, 5) is 8.83. The summed E-state index contributed by atoms with van der Waals surface area (Å²) in [5.74, 6) is 2.17. The number of hydrogen-bond acceptors (Lipinski definition) is 3. The third kappa shape index (κ3) is 4.94. The van der Waals surface area contributed by atoms with Gasteiger partial charge in [0.25, 0.3) is 0 Å². The maximum absolute atomic E-state index is 14.0. The third-order valence-electron chi connectivity index (χ3n) is 5.57. The van der Waals surface area contributed by atoms with E-state index in [0.717, 1.165) is 57.5 Å². The minimum Gasteiger partial charge on any atom is -0.493 e. The van der Waals surface area contributed by atoms with Crippen molar-refractivity contribution in [1.29, 1.82) is 0 Å². The Morgan fingerprint density at radius 1 is 1.10 bits per heavy atom. The number of nitrogens with one attached hydrogen (secondary N) is 1. The standard InChI is InChI=1S/C22H27FN4O.HI/c1-24-22(25-16-17-10-15-28-21-9-5-2-6-18(17)21)27-13-11-26(12-14-27)20-8-4-3-7-19(20)23;/h2-9,17H,10-16H2,1H3,(H,24,25);1H. The van der Waals surface area contributed by atoms with Gasteiger partial charge in [-0.3, -0.25) is 4.99 Å². The summed E-state index contributed by atoms with van der Waals surface area (Å²) < 4.78 is 19.8. The first-order valence-electron chi connectivity index (χ1n) is 9.93. The molecule has 1 N–H and O–H groups in total. The highest BCUT2D eigenvalue weighted by Gasteiger charge is 2.24. The van der Waals surface area contributed by atoms with E-state index in [1.165, 1.54) is 11.6 Å². The highest BCUT2D eigenvalue weighted by Crippen LogP contribution is 2.32. The van der Waals surface area contributed by atoms with E-state index in [1.807, 2.05) is 31.3 Å². The van der Waals surface area contributed by atoms with E-state index in [4.69, 9.17) is 4.74 Å². The van der Waals surface area contributed by atoms with Gasteiger partial charge in [0.1, 0.15) is 11.6 Å². The number of rotatable bonds is 3. The molecule has 0 saturated carbocycles. The summed E-state index contributed by atoms with van der Waals surface area (Å²) in [6, 6.07) is 15.3. The molecular formula is C22H28FIN4O. The summed E-state index contributed by atoms with van der Waals surface area (Å²) in [5.41, 5.74) is 1.95. The number of ether oxygens (including phenoxy) is 1. The average molecular weight is 510 g/mol. The molecule has 1 atom stereocenters. The first-order valence-corrected chi connectivity index (χ1v) is 9.93. The molecule has 0 aromatic heterocycles. The fraction of sp³-hybridized carbons (Fsp3) is 0.409. The number of hydrogen-bond donors (Lipinski definition) is 1. The van der Waals surface area contributed by atoms with Crippen molar-refractivity contribution in [2.45, 2.75) is 12.3 Å². The van der Waals surface area contributed by atoms with Crippen molar-refractivity contribution >= 4 is 35.6 Å². The van der Waals surface area contributed by atoms with E-state index in [0.29, 0.717) is 11.6 Å². The monoisotopic (exact) mass is 510 g/mol. The van der Waals surface area contributed by atoms with Gasteiger partial charge in [0.15, 0.2) is 5.96 Å². The fourth-order valence-corrected chi connectivity index (χ4v) is 4.04. The Hall–Kier alpha value is -2.03. The SMILES string of the molecule is CN=C(NCC1CCOc2ccccc21)N1CCN(c2ccccc2F)CC1.I. The second-order valence-corrected chi connectivity index (χ2v) is 7.23. The maximum atomic E-state index is 14.0. The number of anilines is 1. The molecule has 5 nitrogen and oxygen atoms in total. The lowest BCUT2D eigenvalue weighted by molar-refractivity contribution is 0.266. The number of halogens is 2. The molecule has 2 aliphatic rings. The van der Waals surface area contributed by atoms with E-state index in [9.17, 15) is 4.39 Å². The number of nitrogens with zero attached hydrogens (tertiary/aromatic N) is 3. The van der Waals surface area contributed by atoms with E-state index >= 15 is 0 Å². The molecule has 0 bridgehead atoms. The zero-order chi connectivity index (χ0) is 19.3. The van der Waals surface area contributed by atoms with Gasteiger partial charge in [0.2, 0.25) is 0 Å². The van der Waals surface area contributed by atoms with Crippen LogP contribution in [-0.4, -0.2) is 57.2 Å². The minimum atomic E-state index is -0.156. The Balaban J connectivity index is 0.00000240. The van der Waals surface area contributed by atoms with Gasteiger partial charge < -0.3 is 19.9 Å². The van der Waals surface area contributed by atoms with Gasteiger partial charge >= 0.3 is 0 Å². The largest absolute Gasteiger partial charge is 0.493 e. The Kier molecular flexibility index (Phi) is 7.57. The number of piperazine rings is 1. The van der Waals surface area contributed by atoms with Gasteiger partial charge in [-0.05, 0) is 30.2 Å². The molecule has 0 amide bonds. The Bertz CT molecular complexity index is 839. The molecule has 0 radical (unpaired) electrons. The topological polar surface area (TPSA) is 40.1 Å². The molecule has 1 saturated heterocycles. The van der Waals surface area contributed by atoms with Crippen LogP contribution < -0.4 is 15.0 Å². The van der Waals surface area contributed by atoms with Crippen molar-refractivity contribution in [1.82, 2.24) is 10.2 Å². The van der Waals surface area contributed by atoms with Gasteiger partial charge in [0.05, 0.1) is 12.3 Å². The normalized spacial score (nSPS) is 19.1. The highest BCUT2D eigenvalue weighted by atomic mass is 127. The molecule has 0 spiro atoms. The molecule has 156 valence electrons. The second-order valence-electron chi connectivity index (χ2n) is 7.23. The number of fused-ring (bicyclic) bond motifs is 1. The van der Waals surface area contributed by atoms with Crippen LogP contribution in [0.2, 0.25) is 0 Å². The molecule has 2 heterocycles. The average Bonchev–Trinajstić information content (AvgIpc) is 2.75. The van der Waals surface area contributed by atoms with Crippen LogP contribution in [-0.2, 0) is 0 Å². The van der Waals surface area contributed by atoms with Crippen molar-refractivity contribution in [3.63, 3.8) is 0 Å². The lowest BCUT2D eigenvalue weighted by atomic mass is 9.93. The summed E-state index contributed by atoms with van der Waals surface area (Å²) >= 11 is 0. The molecule has 29 heavy (non-hydrogen) atoms. The number of para-hydroxylation sites is 2. The summed E-state index contributed by atoms with van der Waals surface area (Å²) in [6.07, 6.45) is 1.00. The second kappa shape index (κ2) is 10.1. The molecule has 2 aromatic carbocycles. The smallest absolute Gasteiger partial charge is 0.193 e. The molecule has 2 aromatic rings. The van der Waals surface area contributed by atoms with Crippen LogP contribution >= 0.6 is 24.0 Å². The van der Waals surface area contributed by atoms with Crippen molar-refractivity contribution < 1.29 is 9.13 Å². The Labute approximate surface area is 189 Å². The van der Waals surface area contributed by atoms with Crippen molar-refractivity contribution in [2.75, 3.05) is 51.3 Å². The Morgan fingerprint density at radius 2 is 1.83 bits per heavy atom. The van der Waals surface area contributed by atoms with E-state index in [1.54, 1.807) is 6.07 Å². The van der Waals surface area contributed by atoms with Crippen LogP contribution in [0.15, 0.2) is 53.5 Å². The van der Waals surface area contributed by atoms with Gasteiger partial charge in [-0.1, -0.05) is 30.3 Å². The predicted molar refractivity (Wildman–Crippen MR) is 126 cm³/mol. The zero-order valence-electron chi connectivity index (χ0n) is 16.7. The summed E-state index contributed by atoms with van der Waals surface area (Å²) in [6.45, 7) is 4.78. The molecule has 1 fully saturated rings. The van der Waals surface area contributed by atoms with Crippen LogP contribution in [0.25, 0.3) is 0 Å². The lowest BCUT2D eigenvalue weighted by Gasteiger charge is -2.38. The Morgan fingerprint density at radius 3 is 2.59 bits per heavy atom. The van der Waals surface area contributed by atoms with Crippen LogP contribution in [0.5, 0.6) is 5.75 Å². The van der Waals surface area contributed by atoms with Gasteiger partial charge in [-0.2, -0.15) is 0 Å². The summed E-state index contributed by atoms with van der Waals surface area (Å²) in [7, 11) is 1.82. The van der Waals surface area contributed by atoms with Crippen LogP contribution in [0.3, 0.4) is 0 Å².